The molecule has 2 aromatic carbocycles. The van der Waals surface area contributed by atoms with Gasteiger partial charge in [-0.25, -0.2) is 4.79 Å². The number of carbonyl (C=O) groups excluding carboxylic acids is 1. The fraction of sp³-hybridized carbons (Fsp3) is 0.111. The number of anilines is 1. The molecule has 0 saturated carbocycles. The lowest BCUT2D eigenvalue weighted by atomic mass is 10.1. The van der Waals surface area contributed by atoms with Gasteiger partial charge >= 0.3 is 5.97 Å². The average Bonchev–Trinajstić information content (AvgIpc) is 2.62. The molecule has 0 bridgehead atoms. The topological polar surface area (TPSA) is 125 Å². The fourth-order valence-electron chi connectivity index (χ4n) is 2.17. The minimum absolute atomic E-state index is 0.0471. The van der Waals surface area contributed by atoms with E-state index in [0.29, 0.717) is 5.56 Å². The third-order valence-corrected chi connectivity index (χ3v) is 3.42. The monoisotopic (exact) mass is 359 g/mol. The van der Waals surface area contributed by atoms with Crippen molar-refractivity contribution in [3.63, 3.8) is 0 Å². The van der Waals surface area contributed by atoms with Crippen LogP contribution in [0.1, 0.15) is 15.9 Å². The van der Waals surface area contributed by atoms with Gasteiger partial charge in [-0.05, 0) is 42.0 Å². The summed E-state index contributed by atoms with van der Waals surface area (Å²) in [6.45, 7) is 0. The standard InChI is InChI=1S/C18H17NO7/c1-25-14-7-10(8-15(26-2)17(14)22)3-6-16(21)19-13-5-4-11(20)9-12(13)18(23)24/h3-9,20,22H,1-2H3,(H,19,21)(H,23,24)/b6-3+. The number of aromatic hydroxyl groups is 2. The number of amides is 1. The van der Waals surface area contributed by atoms with Crippen molar-refractivity contribution in [2.45, 2.75) is 0 Å². The molecule has 0 saturated heterocycles. The van der Waals surface area contributed by atoms with Crippen LogP contribution < -0.4 is 14.8 Å². The lowest BCUT2D eigenvalue weighted by Gasteiger charge is -2.09. The first-order chi connectivity index (χ1) is 12.3. The van der Waals surface area contributed by atoms with Gasteiger partial charge in [0.1, 0.15) is 5.75 Å². The molecule has 136 valence electrons. The summed E-state index contributed by atoms with van der Waals surface area (Å²) < 4.78 is 10.1. The van der Waals surface area contributed by atoms with Crippen LogP contribution in [-0.2, 0) is 4.79 Å². The Bertz CT molecular complexity index is 849. The first-order valence-electron chi connectivity index (χ1n) is 7.36. The summed E-state index contributed by atoms with van der Waals surface area (Å²) in [5.41, 5.74) is 0.335. The second kappa shape index (κ2) is 7.93. The highest BCUT2D eigenvalue weighted by molar-refractivity contribution is 6.06. The van der Waals surface area contributed by atoms with Gasteiger partial charge in [0, 0.05) is 6.08 Å². The highest BCUT2D eigenvalue weighted by Gasteiger charge is 2.13. The Morgan fingerprint density at radius 2 is 1.65 bits per heavy atom. The fourth-order valence-corrected chi connectivity index (χ4v) is 2.17. The van der Waals surface area contributed by atoms with Crippen LogP contribution in [0.25, 0.3) is 6.08 Å². The number of carboxylic acid groups (broad SMARTS) is 1. The molecule has 0 aliphatic rings. The van der Waals surface area contributed by atoms with E-state index in [0.717, 1.165) is 6.07 Å². The Labute approximate surface area is 148 Å². The summed E-state index contributed by atoms with van der Waals surface area (Å²) in [6.07, 6.45) is 2.63. The molecule has 0 atom stereocenters. The highest BCUT2D eigenvalue weighted by Crippen LogP contribution is 2.37. The predicted molar refractivity (Wildman–Crippen MR) is 93.9 cm³/mol. The van der Waals surface area contributed by atoms with Gasteiger partial charge in [0.15, 0.2) is 11.5 Å². The predicted octanol–water partition coefficient (Wildman–Crippen LogP) is 2.47. The van der Waals surface area contributed by atoms with Crippen LogP contribution in [0.3, 0.4) is 0 Å². The second-order valence-corrected chi connectivity index (χ2v) is 5.13. The normalized spacial score (nSPS) is 10.5. The largest absolute Gasteiger partial charge is 0.508 e. The van der Waals surface area contributed by atoms with E-state index in [-0.39, 0.29) is 34.2 Å². The van der Waals surface area contributed by atoms with E-state index in [1.165, 1.54) is 50.6 Å². The Balaban J connectivity index is 2.22. The summed E-state index contributed by atoms with van der Waals surface area (Å²) in [5.74, 6) is -1.89. The van der Waals surface area contributed by atoms with E-state index in [1.54, 1.807) is 0 Å². The molecule has 0 aliphatic heterocycles. The number of hydrogen-bond acceptors (Lipinski definition) is 6. The number of carboxylic acids is 1. The number of aromatic carboxylic acids is 1. The molecule has 2 aromatic rings. The highest BCUT2D eigenvalue weighted by atomic mass is 16.5. The molecule has 0 spiro atoms. The zero-order valence-electron chi connectivity index (χ0n) is 14.0. The number of hydrogen-bond donors (Lipinski definition) is 4. The van der Waals surface area contributed by atoms with Crippen LogP contribution in [0.2, 0.25) is 0 Å². The van der Waals surface area contributed by atoms with Gasteiger partial charge < -0.3 is 30.1 Å². The van der Waals surface area contributed by atoms with Crippen LogP contribution in [-0.4, -0.2) is 41.4 Å². The van der Waals surface area contributed by atoms with Crippen molar-refractivity contribution in [2.75, 3.05) is 19.5 Å². The lowest BCUT2D eigenvalue weighted by molar-refractivity contribution is -0.111. The van der Waals surface area contributed by atoms with Gasteiger partial charge in [-0.2, -0.15) is 0 Å². The molecular weight excluding hydrogens is 342 g/mol. The minimum Gasteiger partial charge on any atom is -0.508 e. The molecule has 0 radical (unpaired) electrons. The van der Waals surface area contributed by atoms with Crippen molar-refractivity contribution in [2.24, 2.45) is 0 Å². The first-order valence-corrected chi connectivity index (χ1v) is 7.36. The molecule has 26 heavy (non-hydrogen) atoms. The molecular formula is C18H17NO7. The average molecular weight is 359 g/mol. The van der Waals surface area contributed by atoms with Crippen LogP contribution in [0.4, 0.5) is 5.69 Å². The maximum Gasteiger partial charge on any atom is 0.337 e. The van der Waals surface area contributed by atoms with E-state index in [2.05, 4.69) is 5.32 Å². The van der Waals surface area contributed by atoms with E-state index in [4.69, 9.17) is 14.6 Å². The zero-order chi connectivity index (χ0) is 19.3. The van der Waals surface area contributed by atoms with Crippen LogP contribution in [0, 0.1) is 0 Å². The Morgan fingerprint density at radius 3 is 2.19 bits per heavy atom. The van der Waals surface area contributed by atoms with Crippen molar-refractivity contribution < 1.29 is 34.4 Å². The van der Waals surface area contributed by atoms with Crippen molar-refractivity contribution in [3.8, 4) is 23.0 Å². The van der Waals surface area contributed by atoms with Crippen molar-refractivity contribution in [3.05, 3.63) is 47.5 Å². The molecule has 0 aliphatic carbocycles. The van der Waals surface area contributed by atoms with Gasteiger partial charge in [0.25, 0.3) is 0 Å². The van der Waals surface area contributed by atoms with Gasteiger partial charge in [-0.3, -0.25) is 4.79 Å². The van der Waals surface area contributed by atoms with Crippen LogP contribution >= 0.6 is 0 Å². The van der Waals surface area contributed by atoms with Crippen molar-refractivity contribution >= 4 is 23.6 Å². The van der Waals surface area contributed by atoms with Gasteiger partial charge in [0.2, 0.25) is 11.7 Å². The van der Waals surface area contributed by atoms with Gasteiger partial charge in [0.05, 0.1) is 25.5 Å². The third kappa shape index (κ3) is 4.23. The number of nitrogens with one attached hydrogen (secondary N) is 1. The summed E-state index contributed by atoms with van der Waals surface area (Å²) in [5, 5.41) is 30.8. The maximum atomic E-state index is 12.1. The zero-order valence-corrected chi connectivity index (χ0v) is 14.0. The van der Waals surface area contributed by atoms with Crippen LogP contribution in [0.5, 0.6) is 23.0 Å². The van der Waals surface area contributed by atoms with Gasteiger partial charge in [-0.1, -0.05) is 0 Å². The maximum absolute atomic E-state index is 12.1. The molecule has 0 heterocycles. The van der Waals surface area contributed by atoms with Crippen LogP contribution in [0.15, 0.2) is 36.4 Å². The van der Waals surface area contributed by atoms with E-state index in [1.807, 2.05) is 0 Å². The first kappa shape index (κ1) is 18.7. The number of ether oxygens (including phenoxy) is 2. The van der Waals surface area contributed by atoms with Crippen molar-refractivity contribution in [1.82, 2.24) is 0 Å². The number of carbonyl (C=O) groups is 2. The number of phenols is 2. The van der Waals surface area contributed by atoms with Crippen molar-refractivity contribution in [1.29, 1.82) is 0 Å². The summed E-state index contributed by atoms with van der Waals surface area (Å²) in [7, 11) is 2.76. The Morgan fingerprint density at radius 1 is 1.04 bits per heavy atom. The molecule has 8 heteroatoms. The Hall–Kier alpha value is -3.68. The molecule has 4 N–H and O–H groups in total. The number of benzene rings is 2. The van der Waals surface area contributed by atoms with E-state index >= 15 is 0 Å². The molecule has 1 amide bonds. The summed E-state index contributed by atoms with van der Waals surface area (Å²) in [4.78, 5) is 23.2. The number of rotatable bonds is 6. The molecule has 0 aromatic heterocycles. The molecule has 0 unspecified atom stereocenters. The Kier molecular flexibility index (Phi) is 5.69. The molecule has 2 rings (SSSR count). The molecule has 0 fully saturated rings. The number of methoxy groups -OCH3 is 2. The smallest absolute Gasteiger partial charge is 0.337 e. The minimum atomic E-state index is -1.28. The summed E-state index contributed by atoms with van der Waals surface area (Å²) >= 11 is 0. The van der Waals surface area contributed by atoms with E-state index in [9.17, 15) is 19.8 Å². The van der Waals surface area contributed by atoms with Gasteiger partial charge in [-0.15, -0.1) is 0 Å². The quantitative estimate of drug-likeness (QED) is 0.461. The second-order valence-electron chi connectivity index (χ2n) is 5.13. The SMILES string of the molecule is COc1cc(/C=C/C(=O)Nc2ccc(O)cc2C(=O)O)cc(OC)c1O. The molecule has 8 nitrogen and oxygen atoms in total. The number of phenolic OH excluding ortho intramolecular Hbond substituents is 2. The third-order valence-electron chi connectivity index (χ3n) is 3.42. The summed E-state index contributed by atoms with van der Waals surface area (Å²) in [6, 6.07) is 6.60. The van der Waals surface area contributed by atoms with E-state index < -0.39 is 11.9 Å². The lowest BCUT2D eigenvalue weighted by Crippen LogP contribution is -2.11.